The molecule has 0 saturated heterocycles. The molecule has 0 radical (unpaired) electrons. The summed E-state index contributed by atoms with van der Waals surface area (Å²) < 4.78 is 0. The molecule has 0 saturated carbocycles. The zero-order valence-electron chi connectivity index (χ0n) is 10.1. The van der Waals surface area contributed by atoms with E-state index in [1.807, 2.05) is 20.8 Å². The molecule has 0 bridgehead atoms. The van der Waals surface area contributed by atoms with E-state index in [0.29, 0.717) is 6.54 Å². The number of hydrogen-bond acceptors (Lipinski definition) is 2. The molecule has 1 rings (SSSR count). The predicted molar refractivity (Wildman–Crippen MR) is 64.0 cm³/mol. The van der Waals surface area contributed by atoms with Gasteiger partial charge in [0.1, 0.15) is 5.75 Å². The maximum absolute atomic E-state index is 11.8. The van der Waals surface area contributed by atoms with Crippen molar-refractivity contribution in [1.29, 1.82) is 0 Å². The van der Waals surface area contributed by atoms with Crippen LogP contribution in [0.5, 0.6) is 5.75 Å². The first-order valence-corrected chi connectivity index (χ1v) is 5.52. The van der Waals surface area contributed by atoms with Gasteiger partial charge < -0.3 is 10.4 Å². The van der Waals surface area contributed by atoms with Gasteiger partial charge in [0.05, 0.1) is 0 Å². The molecular weight excluding hydrogens is 202 g/mol. The minimum Gasteiger partial charge on any atom is -0.508 e. The molecule has 1 aromatic rings. The van der Waals surface area contributed by atoms with E-state index in [1.54, 1.807) is 24.3 Å². The van der Waals surface area contributed by atoms with Crippen LogP contribution >= 0.6 is 0 Å². The monoisotopic (exact) mass is 221 g/mol. The van der Waals surface area contributed by atoms with Gasteiger partial charge in [0.25, 0.3) is 0 Å². The van der Waals surface area contributed by atoms with Crippen molar-refractivity contribution in [1.82, 2.24) is 5.32 Å². The van der Waals surface area contributed by atoms with Crippen LogP contribution in [-0.4, -0.2) is 11.0 Å². The fourth-order valence-electron chi connectivity index (χ4n) is 1.20. The molecule has 0 aromatic heterocycles. The fraction of sp³-hybridized carbons (Fsp3) is 0.462. The van der Waals surface area contributed by atoms with Gasteiger partial charge >= 0.3 is 0 Å². The van der Waals surface area contributed by atoms with Gasteiger partial charge in [-0.1, -0.05) is 32.9 Å². The number of benzene rings is 1. The standard InChI is InChI=1S/C13H19NO2/c1-4-13(2,3)12(16)14-9-10-5-7-11(15)8-6-10/h5-8,15H,4,9H2,1-3H3,(H,14,16). The second kappa shape index (κ2) is 5.01. The summed E-state index contributed by atoms with van der Waals surface area (Å²) >= 11 is 0. The van der Waals surface area contributed by atoms with E-state index in [2.05, 4.69) is 5.32 Å². The molecule has 1 amide bonds. The molecule has 0 fully saturated rings. The summed E-state index contributed by atoms with van der Waals surface area (Å²) in [6.45, 7) is 6.36. The highest BCUT2D eigenvalue weighted by Crippen LogP contribution is 2.19. The highest BCUT2D eigenvalue weighted by Gasteiger charge is 2.24. The summed E-state index contributed by atoms with van der Waals surface area (Å²) in [6, 6.07) is 6.84. The second-order valence-electron chi connectivity index (χ2n) is 4.59. The van der Waals surface area contributed by atoms with Gasteiger partial charge in [-0.15, -0.1) is 0 Å². The van der Waals surface area contributed by atoms with Crippen molar-refractivity contribution in [2.24, 2.45) is 5.41 Å². The normalized spacial score (nSPS) is 11.2. The van der Waals surface area contributed by atoms with Crippen molar-refractivity contribution in [3.05, 3.63) is 29.8 Å². The third kappa shape index (κ3) is 3.26. The van der Waals surface area contributed by atoms with Crippen LogP contribution in [0.15, 0.2) is 24.3 Å². The summed E-state index contributed by atoms with van der Waals surface area (Å²) in [5.74, 6) is 0.298. The largest absolute Gasteiger partial charge is 0.508 e. The van der Waals surface area contributed by atoms with Gasteiger partial charge in [-0.05, 0) is 24.1 Å². The molecule has 0 atom stereocenters. The summed E-state index contributed by atoms with van der Waals surface area (Å²) in [6.07, 6.45) is 0.814. The van der Waals surface area contributed by atoms with Gasteiger partial charge in [-0.2, -0.15) is 0 Å². The number of carbonyl (C=O) groups excluding carboxylic acids is 1. The van der Waals surface area contributed by atoms with E-state index in [9.17, 15) is 4.79 Å². The number of hydrogen-bond donors (Lipinski definition) is 2. The molecular formula is C13H19NO2. The molecule has 0 aliphatic rings. The second-order valence-corrected chi connectivity index (χ2v) is 4.59. The number of aromatic hydroxyl groups is 1. The summed E-state index contributed by atoms with van der Waals surface area (Å²) in [4.78, 5) is 11.8. The molecule has 0 spiro atoms. The van der Waals surface area contributed by atoms with Crippen molar-refractivity contribution in [2.75, 3.05) is 0 Å². The fourth-order valence-corrected chi connectivity index (χ4v) is 1.20. The van der Waals surface area contributed by atoms with E-state index in [0.717, 1.165) is 12.0 Å². The third-order valence-corrected chi connectivity index (χ3v) is 2.89. The molecule has 0 heterocycles. The van der Waals surface area contributed by atoms with Crippen molar-refractivity contribution >= 4 is 5.91 Å². The van der Waals surface area contributed by atoms with Gasteiger partial charge in [-0.3, -0.25) is 4.79 Å². The maximum atomic E-state index is 11.8. The van der Waals surface area contributed by atoms with Crippen LogP contribution in [0.1, 0.15) is 32.8 Å². The Labute approximate surface area is 96.5 Å². The molecule has 0 aliphatic carbocycles. The number of rotatable bonds is 4. The van der Waals surface area contributed by atoms with E-state index in [4.69, 9.17) is 5.11 Å². The summed E-state index contributed by atoms with van der Waals surface area (Å²) in [5, 5.41) is 12.0. The molecule has 0 aliphatic heterocycles. The minimum absolute atomic E-state index is 0.0584. The molecule has 3 nitrogen and oxygen atoms in total. The van der Waals surface area contributed by atoms with Crippen molar-refractivity contribution in [3.63, 3.8) is 0 Å². The lowest BCUT2D eigenvalue weighted by Gasteiger charge is -2.21. The van der Waals surface area contributed by atoms with Crippen LogP contribution in [0, 0.1) is 5.41 Å². The topological polar surface area (TPSA) is 49.3 Å². The predicted octanol–water partition coefficient (Wildman–Crippen LogP) is 2.44. The first-order valence-electron chi connectivity index (χ1n) is 5.52. The Morgan fingerprint density at radius 2 is 1.88 bits per heavy atom. The average Bonchev–Trinajstić information content (AvgIpc) is 2.28. The smallest absolute Gasteiger partial charge is 0.225 e. The van der Waals surface area contributed by atoms with E-state index in [-0.39, 0.29) is 17.1 Å². The number of phenols is 1. The SMILES string of the molecule is CCC(C)(C)C(=O)NCc1ccc(O)cc1. The van der Waals surface area contributed by atoms with Gasteiger partial charge in [0.2, 0.25) is 5.91 Å². The number of amides is 1. The zero-order valence-corrected chi connectivity index (χ0v) is 10.1. The van der Waals surface area contributed by atoms with Crippen LogP contribution in [-0.2, 0) is 11.3 Å². The van der Waals surface area contributed by atoms with E-state index >= 15 is 0 Å². The zero-order chi connectivity index (χ0) is 12.2. The Morgan fingerprint density at radius 1 is 1.31 bits per heavy atom. The Hall–Kier alpha value is -1.51. The van der Waals surface area contributed by atoms with Crippen molar-refractivity contribution in [2.45, 2.75) is 33.7 Å². The number of nitrogens with one attached hydrogen (secondary N) is 1. The molecule has 0 unspecified atom stereocenters. The molecule has 3 heteroatoms. The van der Waals surface area contributed by atoms with Gasteiger partial charge in [0, 0.05) is 12.0 Å². The molecule has 16 heavy (non-hydrogen) atoms. The Bertz CT molecular complexity index is 355. The molecule has 2 N–H and O–H groups in total. The Balaban J connectivity index is 2.52. The molecule has 1 aromatic carbocycles. The van der Waals surface area contributed by atoms with Crippen LogP contribution in [0.3, 0.4) is 0 Å². The van der Waals surface area contributed by atoms with Crippen LogP contribution in [0.4, 0.5) is 0 Å². The van der Waals surface area contributed by atoms with Gasteiger partial charge in [-0.25, -0.2) is 0 Å². The Morgan fingerprint density at radius 3 is 2.38 bits per heavy atom. The van der Waals surface area contributed by atoms with Crippen LogP contribution < -0.4 is 5.32 Å². The lowest BCUT2D eigenvalue weighted by molar-refractivity contribution is -0.129. The summed E-state index contributed by atoms with van der Waals surface area (Å²) in [7, 11) is 0. The third-order valence-electron chi connectivity index (χ3n) is 2.89. The molecule has 88 valence electrons. The lowest BCUT2D eigenvalue weighted by atomic mass is 9.89. The highest BCUT2D eigenvalue weighted by atomic mass is 16.3. The highest BCUT2D eigenvalue weighted by molar-refractivity contribution is 5.81. The van der Waals surface area contributed by atoms with Crippen LogP contribution in [0.25, 0.3) is 0 Å². The minimum atomic E-state index is -0.323. The Kier molecular flexibility index (Phi) is 3.93. The van der Waals surface area contributed by atoms with Crippen molar-refractivity contribution < 1.29 is 9.90 Å². The first kappa shape index (κ1) is 12.6. The van der Waals surface area contributed by atoms with Crippen molar-refractivity contribution in [3.8, 4) is 5.75 Å². The number of carbonyl (C=O) groups is 1. The van der Waals surface area contributed by atoms with Gasteiger partial charge in [0.15, 0.2) is 0 Å². The average molecular weight is 221 g/mol. The van der Waals surface area contributed by atoms with E-state index < -0.39 is 0 Å². The number of phenolic OH excluding ortho intramolecular Hbond substituents is 1. The quantitative estimate of drug-likeness (QED) is 0.820. The lowest BCUT2D eigenvalue weighted by Crippen LogP contribution is -2.35. The van der Waals surface area contributed by atoms with E-state index in [1.165, 1.54) is 0 Å². The maximum Gasteiger partial charge on any atom is 0.225 e. The summed E-state index contributed by atoms with van der Waals surface area (Å²) in [5.41, 5.74) is 0.662. The van der Waals surface area contributed by atoms with Crippen LogP contribution in [0.2, 0.25) is 0 Å². The first-order chi connectivity index (χ1) is 7.45.